The smallest absolute Gasteiger partial charge is 0.220 e. The van der Waals surface area contributed by atoms with E-state index in [0.717, 1.165) is 19.5 Å². The SMILES string of the molecule is O=C1CCC(CNCc2cccnc2)N1. The van der Waals surface area contributed by atoms with Gasteiger partial charge in [-0.1, -0.05) is 6.07 Å². The normalized spacial score (nSPS) is 20.3. The second-order valence-electron chi connectivity index (χ2n) is 3.80. The molecule has 0 aromatic carbocycles. The number of carbonyl (C=O) groups excluding carboxylic acids is 1. The van der Waals surface area contributed by atoms with Crippen LogP contribution in [0.25, 0.3) is 0 Å². The van der Waals surface area contributed by atoms with E-state index in [1.165, 1.54) is 5.56 Å². The minimum Gasteiger partial charge on any atom is -0.352 e. The van der Waals surface area contributed by atoms with Gasteiger partial charge in [0.1, 0.15) is 0 Å². The molecule has 15 heavy (non-hydrogen) atoms. The number of aromatic nitrogens is 1. The van der Waals surface area contributed by atoms with Crippen molar-refractivity contribution in [3.05, 3.63) is 30.1 Å². The van der Waals surface area contributed by atoms with E-state index >= 15 is 0 Å². The third-order valence-electron chi connectivity index (χ3n) is 2.53. The molecule has 1 amide bonds. The number of rotatable bonds is 4. The molecule has 80 valence electrons. The number of nitrogens with zero attached hydrogens (tertiary/aromatic N) is 1. The molecule has 1 unspecified atom stereocenters. The zero-order chi connectivity index (χ0) is 10.5. The average molecular weight is 205 g/mol. The van der Waals surface area contributed by atoms with Gasteiger partial charge in [-0.2, -0.15) is 0 Å². The van der Waals surface area contributed by atoms with E-state index in [1.807, 2.05) is 18.3 Å². The molecule has 4 nitrogen and oxygen atoms in total. The molecule has 1 atom stereocenters. The Morgan fingerprint density at radius 1 is 1.60 bits per heavy atom. The van der Waals surface area contributed by atoms with Crippen LogP contribution in [-0.4, -0.2) is 23.5 Å². The Labute approximate surface area is 89.1 Å². The van der Waals surface area contributed by atoms with E-state index in [0.29, 0.717) is 12.5 Å². The van der Waals surface area contributed by atoms with Crippen molar-refractivity contribution in [2.24, 2.45) is 0 Å². The quantitative estimate of drug-likeness (QED) is 0.750. The van der Waals surface area contributed by atoms with Gasteiger partial charge in [0.25, 0.3) is 0 Å². The lowest BCUT2D eigenvalue weighted by Crippen LogP contribution is -2.35. The van der Waals surface area contributed by atoms with Crippen LogP contribution in [0.4, 0.5) is 0 Å². The van der Waals surface area contributed by atoms with Crippen LogP contribution in [0.15, 0.2) is 24.5 Å². The minimum atomic E-state index is 0.170. The van der Waals surface area contributed by atoms with Gasteiger partial charge in [-0.25, -0.2) is 0 Å². The van der Waals surface area contributed by atoms with Crippen molar-refractivity contribution in [1.82, 2.24) is 15.6 Å². The fraction of sp³-hybridized carbons (Fsp3) is 0.455. The van der Waals surface area contributed by atoms with E-state index in [4.69, 9.17) is 0 Å². The molecule has 0 spiro atoms. The van der Waals surface area contributed by atoms with Gasteiger partial charge in [-0.15, -0.1) is 0 Å². The first-order valence-electron chi connectivity index (χ1n) is 5.23. The number of amides is 1. The summed E-state index contributed by atoms with van der Waals surface area (Å²) in [5.74, 6) is 0.170. The standard InChI is InChI=1S/C11H15N3O/c15-11-4-3-10(14-11)8-13-7-9-2-1-5-12-6-9/h1-2,5-6,10,13H,3-4,7-8H2,(H,14,15). The highest BCUT2D eigenvalue weighted by Gasteiger charge is 2.19. The van der Waals surface area contributed by atoms with Crippen LogP contribution in [0.5, 0.6) is 0 Å². The van der Waals surface area contributed by atoms with Gasteiger partial charge in [0, 0.05) is 37.9 Å². The van der Waals surface area contributed by atoms with Crippen LogP contribution in [0.2, 0.25) is 0 Å². The molecular weight excluding hydrogens is 190 g/mol. The Kier molecular flexibility index (Phi) is 3.29. The molecule has 1 aliphatic heterocycles. The predicted molar refractivity (Wildman–Crippen MR) is 57.1 cm³/mol. The lowest BCUT2D eigenvalue weighted by molar-refractivity contribution is -0.119. The van der Waals surface area contributed by atoms with E-state index < -0.39 is 0 Å². The number of nitrogens with one attached hydrogen (secondary N) is 2. The van der Waals surface area contributed by atoms with E-state index in [1.54, 1.807) is 6.20 Å². The summed E-state index contributed by atoms with van der Waals surface area (Å²) in [6.45, 7) is 1.64. The predicted octanol–water partition coefficient (Wildman–Crippen LogP) is 0.450. The van der Waals surface area contributed by atoms with E-state index in [2.05, 4.69) is 15.6 Å². The molecule has 0 radical (unpaired) electrons. The van der Waals surface area contributed by atoms with E-state index in [9.17, 15) is 4.79 Å². The number of hydrogen-bond donors (Lipinski definition) is 2. The average Bonchev–Trinajstić information content (AvgIpc) is 2.66. The van der Waals surface area contributed by atoms with Crippen molar-refractivity contribution in [3.63, 3.8) is 0 Å². The van der Waals surface area contributed by atoms with Crippen LogP contribution in [0.3, 0.4) is 0 Å². The summed E-state index contributed by atoms with van der Waals surface area (Å²) >= 11 is 0. The molecule has 1 aromatic rings. The molecule has 1 saturated heterocycles. The lowest BCUT2D eigenvalue weighted by atomic mass is 10.2. The zero-order valence-corrected chi connectivity index (χ0v) is 8.57. The molecule has 2 N–H and O–H groups in total. The van der Waals surface area contributed by atoms with Crippen molar-refractivity contribution < 1.29 is 4.79 Å². The van der Waals surface area contributed by atoms with Gasteiger partial charge in [0.05, 0.1) is 0 Å². The second kappa shape index (κ2) is 4.89. The van der Waals surface area contributed by atoms with Gasteiger partial charge in [0.15, 0.2) is 0 Å². The van der Waals surface area contributed by atoms with Crippen molar-refractivity contribution in [2.45, 2.75) is 25.4 Å². The molecule has 0 aliphatic carbocycles. The molecular formula is C11H15N3O. The van der Waals surface area contributed by atoms with Gasteiger partial charge in [-0.3, -0.25) is 9.78 Å². The maximum atomic E-state index is 10.9. The van der Waals surface area contributed by atoms with Crippen LogP contribution in [-0.2, 0) is 11.3 Å². The summed E-state index contributed by atoms with van der Waals surface area (Å²) in [7, 11) is 0. The first-order valence-corrected chi connectivity index (χ1v) is 5.23. The largest absolute Gasteiger partial charge is 0.352 e. The van der Waals surface area contributed by atoms with Crippen LogP contribution < -0.4 is 10.6 Å². The monoisotopic (exact) mass is 205 g/mol. The van der Waals surface area contributed by atoms with Crippen molar-refractivity contribution in [2.75, 3.05) is 6.54 Å². The highest BCUT2D eigenvalue weighted by atomic mass is 16.1. The summed E-state index contributed by atoms with van der Waals surface area (Å²) in [6, 6.07) is 4.26. The van der Waals surface area contributed by atoms with Crippen LogP contribution in [0.1, 0.15) is 18.4 Å². The topological polar surface area (TPSA) is 54.0 Å². The van der Waals surface area contributed by atoms with Crippen LogP contribution in [0, 0.1) is 0 Å². The highest BCUT2D eigenvalue weighted by molar-refractivity contribution is 5.78. The molecule has 0 saturated carbocycles. The summed E-state index contributed by atoms with van der Waals surface area (Å²) in [5, 5.41) is 6.23. The number of pyridine rings is 1. The Hall–Kier alpha value is -1.42. The first kappa shape index (κ1) is 10.1. The fourth-order valence-corrected chi connectivity index (χ4v) is 1.72. The van der Waals surface area contributed by atoms with Gasteiger partial charge >= 0.3 is 0 Å². The maximum Gasteiger partial charge on any atom is 0.220 e. The Bertz CT molecular complexity index is 326. The summed E-state index contributed by atoms with van der Waals surface area (Å²) < 4.78 is 0. The number of carbonyl (C=O) groups is 1. The summed E-state index contributed by atoms with van der Waals surface area (Å²) in [5.41, 5.74) is 1.17. The first-order chi connectivity index (χ1) is 7.34. The Morgan fingerprint density at radius 2 is 2.53 bits per heavy atom. The molecule has 0 bridgehead atoms. The van der Waals surface area contributed by atoms with Crippen molar-refractivity contribution in [1.29, 1.82) is 0 Å². The van der Waals surface area contributed by atoms with Gasteiger partial charge < -0.3 is 10.6 Å². The third-order valence-corrected chi connectivity index (χ3v) is 2.53. The van der Waals surface area contributed by atoms with Crippen molar-refractivity contribution >= 4 is 5.91 Å². The minimum absolute atomic E-state index is 0.170. The lowest BCUT2D eigenvalue weighted by Gasteiger charge is -2.10. The van der Waals surface area contributed by atoms with E-state index in [-0.39, 0.29) is 5.91 Å². The Balaban J connectivity index is 1.69. The summed E-state index contributed by atoms with van der Waals surface area (Å²) in [4.78, 5) is 15.0. The van der Waals surface area contributed by atoms with Gasteiger partial charge in [0.2, 0.25) is 5.91 Å². The fourth-order valence-electron chi connectivity index (χ4n) is 1.72. The van der Waals surface area contributed by atoms with Gasteiger partial charge in [-0.05, 0) is 18.1 Å². The molecule has 1 aromatic heterocycles. The van der Waals surface area contributed by atoms with Crippen molar-refractivity contribution in [3.8, 4) is 0 Å². The second-order valence-corrected chi connectivity index (χ2v) is 3.80. The third kappa shape index (κ3) is 3.02. The molecule has 4 heteroatoms. The maximum absolute atomic E-state index is 10.9. The Morgan fingerprint density at radius 3 is 3.20 bits per heavy atom. The molecule has 2 rings (SSSR count). The number of hydrogen-bond acceptors (Lipinski definition) is 3. The summed E-state index contributed by atoms with van der Waals surface area (Å²) in [6.07, 6.45) is 5.22. The highest BCUT2D eigenvalue weighted by Crippen LogP contribution is 2.05. The molecule has 1 fully saturated rings. The molecule has 2 heterocycles. The molecule has 1 aliphatic rings. The van der Waals surface area contributed by atoms with Crippen LogP contribution >= 0.6 is 0 Å². The zero-order valence-electron chi connectivity index (χ0n) is 8.57.